The summed E-state index contributed by atoms with van der Waals surface area (Å²) >= 11 is 0. The minimum atomic E-state index is 0.696. The highest BCUT2D eigenvalue weighted by atomic mass is 14.5. The maximum Gasteiger partial charge on any atom is -0.000685 e. The van der Waals surface area contributed by atoms with Gasteiger partial charge in [-0.3, -0.25) is 0 Å². The van der Waals surface area contributed by atoms with Gasteiger partial charge in [-0.25, -0.2) is 0 Å². The van der Waals surface area contributed by atoms with E-state index in [0.717, 1.165) is 11.8 Å². The van der Waals surface area contributed by atoms with Crippen molar-refractivity contribution in [2.24, 2.45) is 35.5 Å². The predicted octanol–water partition coefficient (Wildman–Crippen LogP) is 7.09. The number of hydrogen-bond acceptors (Lipinski definition) is 0. The maximum absolute atomic E-state index is 2.54. The lowest BCUT2D eigenvalue weighted by atomic mass is 9.56. The third kappa shape index (κ3) is 2.17. The molecule has 4 aliphatic rings. The Labute approximate surface area is 149 Å². The van der Waals surface area contributed by atoms with E-state index in [0.29, 0.717) is 23.7 Å². The van der Waals surface area contributed by atoms with Crippen molar-refractivity contribution >= 4 is 0 Å². The van der Waals surface area contributed by atoms with Gasteiger partial charge in [-0.15, -0.1) is 0 Å². The Morgan fingerprint density at radius 2 is 0.875 bits per heavy atom. The monoisotopic (exact) mass is 324 g/mol. The molecule has 0 fully saturated rings. The summed E-state index contributed by atoms with van der Waals surface area (Å²) in [6.07, 6.45) is 8.37. The zero-order chi connectivity index (χ0) is 17.2. The van der Waals surface area contributed by atoms with E-state index in [4.69, 9.17) is 0 Å². The van der Waals surface area contributed by atoms with Crippen LogP contribution in [0.25, 0.3) is 0 Å². The molecule has 0 aliphatic heterocycles. The van der Waals surface area contributed by atoms with Crippen LogP contribution in [-0.2, 0) is 0 Å². The first-order valence-corrected chi connectivity index (χ1v) is 10.6. The molecule has 132 valence electrons. The third-order valence-corrected chi connectivity index (χ3v) is 8.15. The second-order valence-electron chi connectivity index (χ2n) is 9.35. The van der Waals surface area contributed by atoms with Crippen LogP contribution >= 0.6 is 0 Å². The quantitative estimate of drug-likeness (QED) is 0.417. The Bertz CT molecular complexity index is 587. The Hall–Kier alpha value is -0.780. The maximum atomic E-state index is 2.54. The molecule has 4 rings (SSSR count). The van der Waals surface area contributed by atoms with Crippen molar-refractivity contribution in [2.45, 2.75) is 80.1 Å². The summed E-state index contributed by atoms with van der Waals surface area (Å²) in [5.74, 6) is 4.42. The first-order valence-electron chi connectivity index (χ1n) is 10.6. The molecule has 0 aromatic carbocycles. The lowest BCUT2D eigenvalue weighted by molar-refractivity contribution is 0.381. The molecular weight excluding hydrogens is 288 g/mol. The van der Waals surface area contributed by atoms with Gasteiger partial charge in [0.1, 0.15) is 0 Å². The van der Waals surface area contributed by atoms with Gasteiger partial charge in [-0.2, -0.15) is 0 Å². The highest BCUT2D eigenvalue weighted by Gasteiger charge is 2.44. The molecule has 0 N–H and O–H groups in total. The first-order chi connectivity index (χ1) is 11.4. The molecule has 24 heavy (non-hydrogen) atoms. The van der Waals surface area contributed by atoms with E-state index < -0.39 is 0 Å². The third-order valence-electron chi connectivity index (χ3n) is 8.15. The number of allylic oxidation sites excluding steroid dienone is 6. The van der Waals surface area contributed by atoms with Crippen LogP contribution in [0, 0.1) is 35.5 Å². The molecule has 0 heteroatoms. The van der Waals surface area contributed by atoms with Gasteiger partial charge in [-0.1, -0.05) is 75.0 Å². The molecule has 0 aromatic heterocycles. The predicted molar refractivity (Wildman–Crippen MR) is 104 cm³/mol. The Morgan fingerprint density at radius 1 is 0.500 bits per heavy atom. The summed E-state index contributed by atoms with van der Waals surface area (Å²) in [7, 11) is 0. The summed E-state index contributed by atoms with van der Waals surface area (Å²) in [5, 5.41) is 0. The van der Waals surface area contributed by atoms with Crippen LogP contribution in [0.2, 0.25) is 0 Å². The van der Waals surface area contributed by atoms with Crippen molar-refractivity contribution in [3.63, 3.8) is 0 Å². The summed E-state index contributed by atoms with van der Waals surface area (Å²) < 4.78 is 0. The van der Waals surface area contributed by atoms with Gasteiger partial charge in [0.05, 0.1) is 0 Å². The highest BCUT2D eigenvalue weighted by molar-refractivity contribution is 5.51. The van der Waals surface area contributed by atoms with Crippen LogP contribution in [0.4, 0.5) is 0 Å². The topological polar surface area (TPSA) is 0 Å². The van der Waals surface area contributed by atoms with Gasteiger partial charge >= 0.3 is 0 Å². The Kier molecular flexibility index (Phi) is 4.09. The van der Waals surface area contributed by atoms with E-state index in [2.05, 4.69) is 41.5 Å². The van der Waals surface area contributed by atoms with Crippen molar-refractivity contribution in [3.8, 4) is 0 Å². The molecule has 6 atom stereocenters. The van der Waals surface area contributed by atoms with Crippen LogP contribution < -0.4 is 0 Å². The lowest BCUT2D eigenvalue weighted by Crippen LogP contribution is -2.36. The summed E-state index contributed by atoms with van der Waals surface area (Å²) in [4.78, 5) is 0. The molecule has 0 bridgehead atoms. The van der Waals surface area contributed by atoms with E-state index in [1.165, 1.54) is 38.5 Å². The summed E-state index contributed by atoms with van der Waals surface area (Å²) in [5.41, 5.74) is 11.1. The Morgan fingerprint density at radius 3 is 1.29 bits per heavy atom. The summed E-state index contributed by atoms with van der Waals surface area (Å²) in [6.45, 7) is 15.1. The van der Waals surface area contributed by atoms with Crippen molar-refractivity contribution in [2.75, 3.05) is 0 Å². The number of rotatable bonds is 0. The zero-order valence-corrected chi connectivity index (χ0v) is 16.7. The minimum absolute atomic E-state index is 0.696. The second-order valence-corrected chi connectivity index (χ2v) is 9.35. The molecule has 0 nitrogen and oxygen atoms in total. The fourth-order valence-corrected chi connectivity index (χ4v) is 7.23. The molecule has 0 saturated heterocycles. The first kappa shape index (κ1) is 16.7. The van der Waals surface area contributed by atoms with Gasteiger partial charge in [0.25, 0.3) is 0 Å². The van der Waals surface area contributed by atoms with E-state index in [1.807, 2.05) is 33.4 Å². The zero-order valence-electron chi connectivity index (χ0n) is 16.7. The average molecular weight is 325 g/mol. The van der Waals surface area contributed by atoms with Gasteiger partial charge in [0.15, 0.2) is 0 Å². The van der Waals surface area contributed by atoms with E-state index in [-0.39, 0.29) is 0 Å². The minimum Gasteiger partial charge on any atom is -0.0632 e. The molecule has 0 radical (unpaired) electrons. The Balaban J connectivity index is 1.83. The normalized spacial score (nSPS) is 42.8. The van der Waals surface area contributed by atoms with Gasteiger partial charge < -0.3 is 0 Å². The van der Waals surface area contributed by atoms with Crippen LogP contribution in [0.1, 0.15) is 80.1 Å². The van der Waals surface area contributed by atoms with Crippen molar-refractivity contribution < 1.29 is 0 Å². The molecule has 0 amide bonds. The molecule has 4 aliphatic carbocycles. The van der Waals surface area contributed by atoms with Crippen LogP contribution in [0.15, 0.2) is 33.4 Å². The number of hydrogen-bond donors (Lipinski definition) is 0. The van der Waals surface area contributed by atoms with Crippen molar-refractivity contribution in [1.82, 2.24) is 0 Å². The molecular formula is C24H36. The standard InChI is InChI=1S/C24H36/c1-13-9-7-11-19-15(3)23-16(4)20-12-8-10-14(2)22(20)18(6)24(23)17(5)21(13)19/h13-18H,7-12H2,1-6H3. The van der Waals surface area contributed by atoms with Crippen LogP contribution in [0.3, 0.4) is 0 Å². The second kappa shape index (κ2) is 5.89. The van der Waals surface area contributed by atoms with E-state index in [1.54, 1.807) is 0 Å². The molecule has 0 heterocycles. The molecule has 0 aromatic rings. The molecule has 0 spiro atoms. The smallest absolute Gasteiger partial charge is 0.000685 e. The largest absolute Gasteiger partial charge is 0.0632 e. The van der Waals surface area contributed by atoms with E-state index in [9.17, 15) is 0 Å². The average Bonchev–Trinajstić information content (AvgIpc) is 2.55. The van der Waals surface area contributed by atoms with E-state index >= 15 is 0 Å². The fraction of sp³-hybridized carbons (Fsp3) is 0.750. The molecule has 6 unspecified atom stereocenters. The highest BCUT2D eigenvalue weighted by Crippen LogP contribution is 2.57. The fourth-order valence-electron chi connectivity index (χ4n) is 7.23. The lowest BCUT2D eigenvalue weighted by Gasteiger charge is -2.49. The molecule has 0 saturated carbocycles. The van der Waals surface area contributed by atoms with Crippen molar-refractivity contribution in [1.29, 1.82) is 0 Å². The van der Waals surface area contributed by atoms with Crippen LogP contribution in [-0.4, -0.2) is 0 Å². The van der Waals surface area contributed by atoms with Gasteiger partial charge in [0, 0.05) is 0 Å². The van der Waals surface area contributed by atoms with Gasteiger partial charge in [0.2, 0.25) is 0 Å². The SMILES string of the molecule is CC1CCCC2=C1C(C)C1=C(C2C)C(C)C2=C(C(C)CCC2)C1C. The van der Waals surface area contributed by atoms with Gasteiger partial charge in [-0.05, 0) is 74.0 Å². The van der Waals surface area contributed by atoms with Crippen molar-refractivity contribution in [3.05, 3.63) is 33.4 Å². The summed E-state index contributed by atoms with van der Waals surface area (Å²) in [6, 6.07) is 0. The van der Waals surface area contributed by atoms with Crippen LogP contribution in [0.5, 0.6) is 0 Å².